The van der Waals surface area contributed by atoms with E-state index in [4.69, 9.17) is 11.6 Å². The Morgan fingerprint density at radius 3 is 2.67 bits per heavy atom. The summed E-state index contributed by atoms with van der Waals surface area (Å²) in [7, 11) is 0. The molecule has 0 amide bonds. The molecule has 92 valence electrons. The van der Waals surface area contributed by atoms with Crippen LogP contribution in [0, 0.1) is 21.7 Å². The third-order valence-corrected chi connectivity index (χ3v) is 2.44. The molecule has 18 heavy (non-hydrogen) atoms. The largest absolute Gasteiger partial charge is 0.332 e. The molecule has 0 aliphatic heterocycles. The average molecular weight is 272 g/mol. The number of hydrogen-bond donors (Lipinski definition) is 0. The van der Waals surface area contributed by atoms with E-state index in [-0.39, 0.29) is 11.3 Å². The van der Waals surface area contributed by atoms with E-state index in [1.54, 1.807) is 0 Å². The molecule has 0 bridgehead atoms. The molecule has 5 nitrogen and oxygen atoms in total. The zero-order valence-corrected chi connectivity index (χ0v) is 9.36. The maximum atomic E-state index is 13.6. The van der Waals surface area contributed by atoms with Gasteiger partial charge in [-0.3, -0.25) is 10.1 Å². The number of nitro groups is 1. The zero-order chi connectivity index (χ0) is 13.3. The van der Waals surface area contributed by atoms with Gasteiger partial charge in [0.2, 0.25) is 5.15 Å². The van der Waals surface area contributed by atoms with Crippen molar-refractivity contribution in [2.24, 2.45) is 0 Å². The SMILES string of the molecule is O=[N+]([O-])c1c(Cl)ncnc1-c1cccc(F)c1F. The molecule has 0 aliphatic rings. The quantitative estimate of drug-likeness (QED) is 0.478. The van der Waals surface area contributed by atoms with Crippen molar-refractivity contribution in [1.82, 2.24) is 9.97 Å². The first kappa shape index (κ1) is 12.3. The number of hydrogen-bond acceptors (Lipinski definition) is 4. The molecule has 0 radical (unpaired) electrons. The molecule has 8 heteroatoms. The molecule has 0 N–H and O–H groups in total. The monoisotopic (exact) mass is 271 g/mol. The Balaban J connectivity index is 2.75. The van der Waals surface area contributed by atoms with E-state index in [1.807, 2.05) is 0 Å². The average Bonchev–Trinajstić information content (AvgIpc) is 2.32. The molecule has 0 saturated carbocycles. The molecule has 1 aromatic heterocycles. The minimum absolute atomic E-state index is 0.342. The number of aromatic nitrogens is 2. The van der Waals surface area contributed by atoms with Crippen LogP contribution in [0.1, 0.15) is 0 Å². The topological polar surface area (TPSA) is 68.9 Å². The molecule has 2 rings (SSSR count). The van der Waals surface area contributed by atoms with E-state index in [0.29, 0.717) is 0 Å². The van der Waals surface area contributed by atoms with E-state index in [2.05, 4.69) is 9.97 Å². The van der Waals surface area contributed by atoms with Crippen molar-refractivity contribution in [1.29, 1.82) is 0 Å². The second-order valence-electron chi connectivity index (χ2n) is 3.22. The highest BCUT2D eigenvalue weighted by Gasteiger charge is 2.25. The molecule has 1 heterocycles. The minimum atomic E-state index is -1.23. The fraction of sp³-hybridized carbons (Fsp3) is 0. The van der Waals surface area contributed by atoms with Crippen molar-refractivity contribution in [3.63, 3.8) is 0 Å². The maximum absolute atomic E-state index is 13.6. The summed E-state index contributed by atoms with van der Waals surface area (Å²) < 4.78 is 26.6. The van der Waals surface area contributed by atoms with Crippen LogP contribution in [0.15, 0.2) is 24.5 Å². The van der Waals surface area contributed by atoms with E-state index in [1.165, 1.54) is 12.1 Å². The Morgan fingerprint density at radius 1 is 1.28 bits per heavy atom. The summed E-state index contributed by atoms with van der Waals surface area (Å²) in [6, 6.07) is 3.28. The Morgan fingerprint density at radius 2 is 2.00 bits per heavy atom. The summed E-state index contributed by atoms with van der Waals surface area (Å²) in [6.45, 7) is 0. The zero-order valence-electron chi connectivity index (χ0n) is 8.60. The highest BCUT2D eigenvalue weighted by Crippen LogP contribution is 2.34. The van der Waals surface area contributed by atoms with Crippen LogP contribution in [0.4, 0.5) is 14.5 Å². The fourth-order valence-corrected chi connectivity index (χ4v) is 1.61. The van der Waals surface area contributed by atoms with Gasteiger partial charge in [0, 0.05) is 5.56 Å². The van der Waals surface area contributed by atoms with Gasteiger partial charge in [-0.1, -0.05) is 17.7 Å². The van der Waals surface area contributed by atoms with Crippen molar-refractivity contribution < 1.29 is 13.7 Å². The third kappa shape index (κ3) is 2.00. The van der Waals surface area contributed by atoms with Crippen LogP contribution in [0.2, 0.25) is 5.15 Å². The van der Waals surface area contributed by atoms with Gasteiger partial charge >= 0.3 is 5.69 Å². The minimum Gasteiger partial charge on any atom is -0.258 e. The maximum Gasteiger partial charge on any atom is 0.332 e. The highest BCUT2D eigenvalue weighted by molar-refractivity contribution is 6.31. The van der Waals surface area contributed by atoms with Gasteiger partial charge in [-0.25, -0.2) is 18.7 Å². The Labute approximate surface area is 104 Å². The first-order chi connectivity index (χ1) is 8.52. The van der Waals surface area contributed by atoms with Gasteiger partial charge in [-0.15, -0.1) is 0 Å². The van der Waals surface area contributed by atoms with Crippen molar-refractivity contribution in [3.05, 3.63) is 51.4 Å². The summed E-state index contributed by atoms with van der Waals surface area (Å²) in [6.07, 6.45) is 0.939. The first-order valence-electron chi connectivity index (χ1n) is 4.61. The van der Waals surface area contributed by atoms with Gasteiger partial charge in [0.05, 0.1) is 4.92 Å². The normalized spacial score (nSPS) is 10.4. The predicted octanol–water partition coefficient (Wildman–Crippen LogP) is 2.98. The van der Waals surface area contributed by atoms with E-state index in [0.717, 1.165) is 12.4 Å². The summed E-state index contributed by atoms with van der Waals surface area (Å²) >= 11 is 5.56. The standard InChI is InChI=1S/C10H4ClF2N3O2/c11-10-9(16(17)18)8(14-4-15-10)5-2-1-3-6(12)7(5)13/h1-4H. The van der Waals surface area contributed by atoms with E-state index in [9.17, 15) is 18.9 Å². The Hall–Kier alpha value is -2.15. The molecule has 2 aromatic rings. The lowest BCUT2D eigenvalue weighted by molar-refractivity contribution is -0.384. The van der Waals surface area contributed by atoms with Crippen molar-refractivity contribution >= 4 is 17.3 Å². The first-order valence-corrected chi connectivity index (χ1v) is 4.99. The molecule has 0 fully saturated rings. The number of rotatable bonds is 2. The lowest BCUT2D eigenvalue weighted by Crippen LogP contribution is -2.00. The molecule has 1 aromatic carbocycles. The molecule has 0 atom stereocenters. The van der Waals surface area contributed by atoms with E-state index >= 15 is 0 Å². The summed E-state index contributed by atoms with van der Waals surface area (Å²) in [4.78, 5) is 17.0. The number of benzene rings is 1. The third-order valence-electron chi connectivity index (χ3n) is 2.17. The molecular formula is C10H4ClF2N3O2. The van der Waals surface area contributed by atoms with Crippen LogP contribution in [0.25, 0.3) is 11.3 Å². The lowest BCUT2D eigenvalue weighted by Gasteiger charge is -2.04. The van der Waals surface area contributed by atoms with Gasteiger partial charge in [-0.2, -0.15) is 0 Å². The summed E-state index contributed by atoms with van der Waals surface area (Å²) in [5.74, 6) is -2.35. The number of nitrogens with zero attached hydrogens (tertiary/aromatic N) is 3. The van der Waals surface area contributed by atoms with Crippen LogP contribution in [0.3, 0.4) is 0 Å². The molecule has 0 aliphatic carbocycles. The summed E-state index contributed by atoms with van der Waals surface area (Å²) in [5.41, 5.74) is -1.37. The van der Waals surface area contributed by atoms with Crippen molar-refractivity contribution in [3.8, 4) is 11.3 Å². The van der Waals surface area contributed by atoms with Crippen LogP contribution in [0.5, 0.6) is 0 Å². The van der Waals surface area contributed by atoms with Gasteiger partial charge < -0.3 is 0 Å². The molecular weight excluding hydrogens is 268 g/mol. The van der Waals surface area contributed by atoms with Crippen molar-refractivity contribution in [2.45, 2.75) is 0 Å². The number of halogens is 3. The van der Waals surface area contributed by atoms with Gasteiger partial charge in [-0.05, 0) is 12.1 Å². The van der Waals surface area contributed by atoms with Crippen LogP contribution in [-0.2, 0) is 0 Å². The second kappa shape index (κ2) is 4.61. The highest BCUT2D eigenvalue weighted by atomic mass is 35.5. The van der Waals surface area contributed by atoms with Crippen LogP contribution in [-0.4, -0.2) is 14.9 Å². The Kier molecular flexibility index (Phi) is 3.15. The summed E-state index contributed by atoms with van der Waals surface area (Å²) in [5, 5.41) is 10.4. The smallest absolute Gasteiger partial charge is 0.258 e. The molecule has 0 unspecified atom stereocenters. The molecule has 0 saturated heterocycles. The van der Waals surface area contributed by atoms with Crippen LogP contribution >= 0.6 is 11.6 Å². The van der Waals surface area contributed by atoms with Gasteiger partial charge in [0.15, 0.2) is 17.3 Å². The predicted molar refractivity (Wildman–Crippen MR) is 59.0 cm³/mol. The van der Waals surface area contributed by atoms with Crippen LogP contribution < -0.4 is 0 Å². The fourth-order valence-electron chi connectivity index (χ4n) is 1.40. The van der Waals surface area contributed by atoms with Crippen molar-refractivity contribution in [2.75, 3.05) is 0 Å². The molecule has 0 spiro atoms. The van der Waals surface area contributed by atoms with Gasteiger partial charge in [0.1, 0.15) is 6.33 Å². The Bertz CT molecular complexity index is 637. The lowest BCUT2D eigenvalue weighted by atomic mass is 10.1. The second-order valence-corrected chi connectivity index (χ2v) is 3.58. The van der Waals surface area contributed by atoms with E-state index < -0.39 is 27.4 Å². The van der Waals surface area contributed by atoms with Gasteiger partial charge in [0.25, 0.3) is 0 Å².